The third kappa shape index (κ3) is 3.47. The van der Waals surface area contributed by atoms with Crippen molar-refractivity contribution in [1.82, 2.24) is 0 Å². The van der Waals surface area contributed by atoms with Crippen LogP contribution in [0.5, 0.6) is 5.75 Å². The van der Waals surface area contributed by atoms with Gasteiger partial charge >= 0.3 is 0 Å². The van der Waals surface area contributed by atoms with Gasteiger partial charge in [-0.2, -0.15) is 12.6 Å². The van der Waals surface area contributed by atoms with Crippen LogP contribution in [0.4, 0.5) is 0 Å². The van der Waals surface area contributed by atoms with Crippen LogP contribution in [0.25, 0.3) is 0 Å². The van der Waals surface area contributed by atoms with Crippen molar-refractivity contribution in [2.75, 3.05) is 12.9 Å². The average Bonchev–Trinajstić information content (AvgIpc) is 2.17. The smallest absolute Gasteiger partial charge is 0.140 e. The number of benzene rings is 1. The summed E-state index contributed by atoms with van der Waals surface area (Å²) in [6.45, 7) is 2.13. The maximum Gasteiger partial charge on any atom is 0.140 e. The zero-order valence-electron chi connectivity index (χ0n) is 8.76. The Morgan fingerprint density at radius 3 is 2.60 bits per heavy atom. The number of hydrogen-bond donors (Lipinski definition) is 1. The Hall–Kier alpha value is -0.0500. The zero-order chi connectivity index (χ0) is 11.4. The number of thiol groups is 1. The minimum absolute atomic E-state index is 0.469. The monoisotopic (exact) mass is 264 g/mol. The summed E-state index contributed by atoms with van der Waals surface area (Å²) >= 11 is 16.2. The van der Waals surface area contributed by atoms with Crippen molar-refractivity contribution < 1.29 is 4.74 Å². The van der Waals surface area contributed by atoms with Crippen molar-refractivity contribution in [2.45, 2.75) is 13.3 Å². The van der Waals surface area contributed by atoms with E-state index in [9.17, 15) is 0 Å². The van der Waals surface area contributed by atoms with Gasteiger partial charge in [0.2, 0.25) is 0 Å². The molecule has 4 heteroatoms. The van der Waals surface area contributed by atoms with Gasteiger partial charge in [0.25, 0.3) is 0 Å². The van der Waals surface area contributed by atoms with Gasteiger partial charge in [0.15, 0.2) is 0 Å². The van der Waals surface area contributed by atoms with Crippen molar-refractivity contribution in [3.63, 3.8) is 0 Å². The SMILES string of the molecule is COc1c(Cl)cc(Cl)cc1CC(C)CS. The first-order chi connectivity index (χ1) is 7.08. The molecule has 1 nitrogen and oxygen atoms in total. The Balaban J connectivity index is 3.03. The summed E-state index contributed by atoms with van der Waals surface area (Å²) in [6, 6.07) is 3.59. The van der Waals surface area contributed by atoms with Gasteiger partial charge in [-0.1, -0.05) is 30.1 Å². The maximum atomic E-state index is 6.03. The highest BCUT2D eigenvalue weighted by Gasteiger charge is 2.12. The number of hydrogen-bond acceptors (Lipinski definition) is 2. The van der Waals surface area contributed by atoms with Crippen LogP contribution >= 0.6 is 35.8 Å². The van der Waals surface area contributed by atoms with Gasteiger partial charge in [0.1, 0.15) is 5.75 Å². The summed E-state index contributed by atoms with van der Waals surface area (Å²) in [4.78, 5) is 0. The van der Waals surface area contributed by atoms with E-state index in [1.54, 1.807) is 13.2 Å². The lowest BCUT2D eigenvalue weighted by Crippen LogP contribution is -2.03. The fourth-order valence-corrected chi connectivity index (χ4v) is 2.18. The second-order valence-corrected chi connectivity index (χ2v) is 4.78. The average molecular weight is 265 g/mol. The first-order valence-electron chi connectivity index (χ1n) is 4.71. The molecule has 1 atom stereocenters. The maximum absolute atomic E-state index is 6.03. The lowest BCUT2D eigenvalue weighted by atomic mass is 10.0. The van der Waals surface area contributed by atoms with E-state index in [0.29, 0.717) is 16.0 Å². The van der Waals surface area contributed by atoms with Crippen LogP contribution in [0.15, 0.2) is 12.1 Å². The molecule has 15 heavy (non-hydrogen) atoms. The molecular weight excluding hydrogens is 251 g/mol. The Kier molecular flexibility index (Phi) is 5.10. The number of ether oxygens (including phenoxy) is 1. The number of halogens is 2. The lowest BCUT2D eigenvalue weighted by molar-refractivity contribution is 0.407. The molecule has 0 fully saturated rings. The predicted octanol–water partition coefficient (Wildman–Crippen LogP) is 4.11. The van der Waals surface area contributed by atoms with Crippen LogP contribution < -0.4 is 4.74 Å². The highest BCUT2D eigenvalue weighted by atomic mass is 35.5. The van der Waals surface area contributed by atoms with E-state index < -0.39 is 0 Å². The van der Waals surface area contributed by atoms with Crippen molar-refractivity contribution in [1.29, 1.82) is 0 Å². The van der Waals surface area contributed by atoms with Gasteiger partial charge in [0.05, 0.1) is 12.1 Å². The molecule has 1 rings (SSSR count). The molecule has 0 amide bonds. The van der Waals surface area contributed by atoms with Gasteiger partial charge in [-0.15, -0.1) is 0 Å². The van der Waals surface area contributed by atoms with E-state index in [4.69, 9.17) is 27.9 Å². The first-order valence-corrected chi connectivity index (χ1v) is 6.10. The first kappa shape index (κ1) is 13.0. The van der Waals surface area contributed by atoms with Gasteiger partial charge in [-0.05, 0) is 35.8 Å². The van der Waals surface area contributed by atoms with Crippen molar-refractivity contribution in [2.24, 2.45) is 5.92 Å². The van der Waals surface area contributed by atoms with Crippen molar-refractivity contribution >= 4 is 35.8 Å². The molecule has 0 aliphatic carbocycles. The normalized spacial score (nSPS) is 12.6. The molecule has 0 bridgehead atoms. The Bertz CT molecular complexity index is 342. The van der Waals surface area contributed by atoms with Crippen LogP contribution in [0.1, 0.15) is 12.5 Å². The van der Waals surface area contributed by atoms with E-state index in [2.05, 4.69) is 19.6 Å². The number of methoxy groups -OCH3 is 1. The molecule has 0 radical (unpaired) electrons. The van der Waals surface area contributed by atoms with Crippen molar-refractivity contribution in [3.8, 4) is 5.75 Å². The number of rotatable bonds is 4. The quantitative estimate of drug-likeness (QED) is 0.806. The third-order valence-electron chi connectivity index (χ3n) is 2.17. The fraction of sp³-hybridized carbons (Fsp3) is 0.455. The predicted molar refractivity (Wildman–Crippen MR) is 69.7 cm³/mol. The Morgan fingerprint density at radius 1 is 1.40 bits per heavy atom. The standard InChI is InChI=1S/C11H14Cl2OS/c1-7(6-15)3-8-4-9(12)5-10(13)11(8)14-2/h4-5,7,15H,3,6H2,1-2H3. The summed E-state index contributed by atoms with van der Waals surface area (Å²) in [5.41, 5.74) is 1.04. The van der Waals surface area contributed by atoms with E-state index >= 15 is 0 Å². The highest BCUT2D eigenvalue weighted by Crippen LogP contribution is 2.33. The molecule has 0 N–H and O–H groups in total. The van der Waals surface area contributed by atoms with Gasteiger partial charge in [0, 0.05) is 5.02 Å². The van der Waals surface area contributed by atoms with Crippen molar-refractivity contribution in [3.05, 3.63) is 27.7 Å². The van der Waals surface area contributed by atoms with E-state index in [-0.39, 0.29) is 0 Å². The lowest BCUT2D eigenvalue weighted by Gasteiger charge is -2.13. The summed E-state index contributed by atoms with van der Waals surface area (Å²) < 4.78 is 5.26. The molecule has 0 heterocycles. The van der Waals surface area contributed by atoms with Crippen LogP contribution in [-0.4, -0.2) is 12.9 Å². The van der Waals surface area contributed by atoms with Crippen LogP contribution in [-0.2, 0) is 6.42 Å². The fourth-order valence-electron chi connectivity index (χ4n) is 1.43. The molecule has 1 aromatic rings. The summed E-state index contributed by atoms with van der Waals surface area (Å²) in [5, 5.41) is 1.20. The molecule has 0 aromatic heterocycles. The molecule has 0 aliphatic heterocycles. The molecule has 0 saturated carbocycles. The second-order valence-electron chi connectivity index (χ2n) is 3.57. The summed E-state index contributed by atoms with van der Waals surface area (Å²) in [5.74, 6) is 2.01. The molecule has 0 aliphatic rings. The second kappa shape index (κ2) is 5.88. The Labute approximate surface area is 106 Å². The van der Waals surface area contributed by atoms with Gasteiger partial charge < -0.3 is 4.74 Å². The topological polar surface area (TPSA) is 9.23 Å². The molecule has 0 spiro atoms. The van der Waals surface area contributed by atoms with Gasteiger partial charge in [-0.3, -0.25) is 0 Å². The van der Waals surface area contributed by atoms with Gasteiger partial charge in [-0.25, -0.2) is 0 Å². The van der Waals surface area contributed by atoms with E-state index in [0.717, 1.165) is 23.5 Å². The van der Waals surface area contributed by atoms with Crippen LogP contribution in [0.3, 0.4) is 0 Å². The van der Waals surface area contributed by atoms with E-state index in [1.165, 1.54) is 0 Å². The zero-order valence-corrected chi connectivity index (χ0v) is 11.2. The Morgan fingerprint density at radius 2 is 2.07 bits per heavy atom. The largest absolute Gasteiger partial charge is 0.495 e. The van der Waals surface area contributed by atoms with Crippen LogP contribution in [0, 0.1) is 5.92 Å². The van der Waals surface area contributed by atoms with Crippen LogP contribution in [0.2, 0.25) is 10.0 Å². The third-order valence-corrected chi connectivity index (χ3v) is 3.29. The van der Waals surface area contributed by atoms with E-state index in [1.807, 2.05) is 6.07 Å². The minimum Gasteiger partial charge on any atom is -0.495 e. The molecule has 0 saturated heterocycles. The molecule has 1 unspecified atom stereocenters. The molecule has 84 valence electrons. The summed E-state index contributed by atoms with van der Waals surface area (Å²) in [6.07, 6.45) is 0.868. The summed E-state index contributed by atoms with van der Waals surface area (Å²) in [7, 11) is 1.62. The molecule has 1 aromatic carbocycles. The minimum atomic E-state index is 0.469. The molecular formula is C11H14Cl2OS. The highest BCUT2D eigenvalue weighted by molar-refractivity contribution is 7.80.